The summed E-state index contributed by atoms with van der Waals surface area (Å²) in [4.78, 5) is 27.8. The third-order valence-electron chi connectivity index (χ3n) is 7.50. The van der Waals surface area contributed by atoms with Gasteiger partial charge in [0.15, 0.2) is 5.75 Å². The van der Waals surface area contributed by atoms with Gasteiger partial charge in [-0.25, -0.2) is 8.42 Å². The average molecular weight is 668 g/mol. The Balaban J connectivity index is 0.00000423. The van der Waals surface area contributed by atoms with Crippen molar-refractivity contribution in [3.05, 3.63) is 82.3 Å². The molecule has 2 amide bonds. The molecule has 0 unspecified atom stereocenters. The van der Waals surface area contributed by atoms with Crippen LogP contribution < -0.4 is 20.1 Å². The molecule has 3 N–H and O–H groups in total. The Morgan fingerprint density at radius 1 is 0.953 bits per heavy atom. The number of benzene rings is 3. The number of hydrogen-bond acceptors (Lipinski definition) is 6. The highest BCUT2D eigenvalue weighted by atomic mass is 35.5. The predicted molar refractivity (Wildman–Crippen MR) is 170 cm³/mol. The van der Waals surface area contributed by atoms with E-state index in [2.05, 4.69) is 15.4 Å². The normalized spacial score (nSPS) is 17.2. The van der Waals surface area contributed by atoms with Crippen molar-refractivity contribution in [2.45, 2.75) is 36.6 Å². The molecule has 3 aromatic rings. The molecule has 2 aliphatic rings. The molecule has 0 aromatic heterocycles. The smallest absolute Gasteiger partial charge is 0.262 e. The second kappa shape index (κ2) is 14.6. The molecule has 13 heteroatoms. The Labute approximate surface area is 267 Å². The summed E-state index contributed by atoms with van der Waals surface area (Å²) in [6, 6.07) is 16.4. The number of nitrogens with one attached hydrogen (secondary N) is 3. The van der Waals surface area contributed by atoms with Crippen LogP contribution in [0.5, 0.6) is 11.5 Å². The zero-order valence-electron chi connectivity index (χ0n) is 23.2. The lowest BCUT2D eigenvalue weighted by molar-refractivity contribution is -0.125. The van der Waals surface area contributed by atoms with E-state index in [0.29, 0.717) is 41.8 Å². The lowest BCUT2D eigenvalue weighted by Gasteiger charge is -2.26. The Morgan fingerprint density at radius 2 is 1.67 bits per heavy atom. The van der Waals surface area contributed by atoms with Gasteiger partial charge >= 0.3 is 0 Å². The van der Waals surface area contributed by atoms with Crippen LogP contribution in [-0.2, 0) is 14.8 Å². The summed E-state index contributed by atoms with van der Waals surface area (Å²) < 4.78 is 34.9. The largest absolute Gasteiger partial charge is 0.454 e. The Kier molecular flexibility index (Phi) is 11.2. The number of anilines is 1. The minimum Gasteiger partial charge on any atom is -0.454 e. The molecule has 0 saturated carbocycles. The molecule has 0 radical (unpaired) electrons. The van der Waals surface area contributed by atoms with Crippen LogP contribution in [0.2, 0.25) is 10.0 Å². The molecular formula is C30H33Cl3N4O5S. The van der Waals surface area contributed by atoms with Crippen LogP contribution in [0, 0.1) is 5.92 Å². The first kappa shape index (κ1) is 32.9. The summed E-state index contributed by atoms with van der Waals surface area (Å²) in [7, 11) is -4.03. The van der Waals surface area contributed by atoms with E-state index in [1.54, 1.807) is 41.3 Å². The summed E-state index contributed by atoms with van der Waals surface area (Å²) in [5.41, 5.74) is 0.521. The Bertz CT molecular complexity index is 1550. The van der Waals surface area contributed by atoms with Gasteiger partial charge in [-0.05, 0) is 99.3 Å². The van der Waals surface area contributed by atoms with Gasteiger partial charge in [0.25, 0.3) is 15.9 Å². The first-order valence-electron chi connectivity index (χ1n) is 13.9. The van der Waals surface area contributed by atoms with Gasteiger partial charge in [-0.3, -0.25) is 14.3 Å². The standard InChI is InChI=1S/C30H32Cl2N4O5S.ClH/c31-22-9-12-27(24(32)18-22)41-28-6-2-1-4-25(28)35-42(39,40)23-10-7-21(8-11-23)30(38)36-17-3-5-26(36)29(37)34-19-20-13-15-33-16-14-20;/h1-2,4,6-12,18,20,26,33,35H,3,5,13-17,19H2,(H,34,37);1H/t26-;/m0./s1. The van der Waals surface area contributed by atoms with Crippen LogP contribution >= 0.6 is 35.6 Å². The van der Waals surface area contributed by atoms with Crippen LogP contribution in [0.25, 0.3) is 0 Å². The first-order valence-corrected chi connectivity index (χ1v) is 16.1. The van der Waals surface area contributed by atoms with Crippen LogP contribution in [0.3, 0.4) is 0 Å². The van der Waals surface area contributed by atoms with E-state index in [1.807, 2.05) is 0 Å². The van der Waals surface area contributed by atoms with Crippen molar-refractivity contribution < 1.29 is 22.7 Å². The van der Waals surface area contributed by atoms with E-state index in [9.17, 15) is 18.0 Å². The lowest BCUT2D eigenvalue weighted by atomic mass is 9.98. The molecule has 43 heavy (non-hydrogen) atoms. The van der Waals surface area contributed by atoms with Gasteiger partial charge in [0.2, 0.25) is 5.91 Å². The highest BCUT2D eigenvalue weighted by molar-refractivity contribution is 7.92. The molecule has 9 nitrogen and oxygen atoms in total. The lowest BCUT2D eigenvalue weighted by Crippen LogP contribution is -2.47. The van der Waals surface area contributed by atoms with Gasteiger partial charge in [0.05, 0.1) is 15.6 Å². The SMILES string of the molecule is Cl.O=C(NCC1CCNCC1)[C@@H]1CCCN1C(=O)c1ccc(S(=O)(=O)Nc2ccccc2Oc2ccc(Cl)cc2Cl)cc1. The van der Waals surface area contributed by atoms with Crippen LogP contribution in [0.1, 0.15) is 36.0 Å². The van der Waals surface area contributed by atoms with Crippen molar-refractivity contribution in [1.82, 2.24) is 15.5 Å². The monoisotopic (exact) mass is 666 g/mol. The predicted octanol–water partition coefficient (Wildman–Crippen LogP) is 5.73. The molecule has 230 valence electrons. The van der Waals surface area contributed by atoms with Crippen molar-refractivity contribution in [1.29, 1.82) is 0 Å². The molecular weight excluding hydrogens is 635 g/mol. The summed E-state index contributed by atoms with van der Waals surface area (Å²) in [5, 5.41) is 7.07. The van der Waals surface area contributed by atoms with Crippen LogP contribution in [-0.4, -0.2) is 57.4 Å². The van der Waals surface area contributed by atoms with E-state index >= 15 is 0 Å². The third-order valence-corrected chi connectivity index (χ3v) is 9.41. The van der Waals surface area contributed by atoms with E-state index in [4.69, 9.17) is 27.9 Å². The molecule has 0 bridgehead atoms. The number of para-hydroxylation sites is 2. The van der Waals surface area contributed by atoms with Gasteiger partial charge in [0.1, 0.15) is 11.8 Å². The number of halogens is 3. The minimum atomic E-state index is -4.03. The molecule has 3 aromatic carbocycles. The van der Waals surface area contributed by atoms with E-state index in [1.165, 1.54) is 30.3 Å². The number of likely N-dealkylation sites (tertiary alicyclic amines) is 1. The van der Waals surface area contributed by atoms with Gasteiger partial charge in [-0.1, -0.05) is 35.3 Å². The second-order valence-electron chi connectivity index (χ2n) is 10.4. The van der Waals surface area contributed by atoms with Gasteiger partial charge < -0.3 is 20.3 Å². The Morgan fingerprint density at radius 3 is 2.40 bits per heavy atom. The zero-order valence-corrected chi connectivity index (χ0v) is 26.4. The first-order chi connectivity index (χ1) is 20.2. The van der Waals surface area contributed by atoms with Gasteiger partial charge in [-0.2, -0.15) is 0 Å². The number of rotatable bonds is 9. The number of carbonyl (C=O) groups excluding carboxylic acids is 2. The maximum absolute atomic E-state index is 13.3. The number of sulfonamides is 1. The molecule has 2 aliphatic heterocycles. The molecule has 0 spiro atoms. The fourth-order valence-corrected chi connectivity index (χ4v) is 6.71. The molecule has 2 fully saturated rings. The highest BCUT2D eigenvalue weighted by Crippen LogP contribution is 2.36. The number of piperidine rings is 1. The Hall–Kier alpha value is -3.02. The number of hydrogen-bond donors (Lipinski definition) is 3. The van der Waals surface area contributed by atoms with Crippen molar-refractivity contribution in [2.75, 3.05) is 30.9 Å². The quantitative estimate of drug-likeness (QED) is 0.269. The maximum atomic E-state index is 13.3. The summed E-state index contributed by atoms with van der Waals surface area (Å²) in [6.45, 7) is 2.99. The van der Waals surface area contributed by atoms with Gasteiger partial charge in [-0.15, -0.1) is 12.4 Å². The fraction of sp³-hybridized carbons (Fsp3) is 0.333. The third kappa shape index (κ3) is 8.13. The number of nitrogens with zero attached hydrogens (tertiary/aromatic N) is 1. The topological polar surface area (TPSA) is 117 Å². The van der Waals surface area contributed by atoms with Crippen molar-refractivity contribution in [3.63, 3.8) is 0 Å². The zero-order chi connectivity index (χ0) is 29.7. The number of carbonyl (C=O) groups is 2. The van der Waals surface area contributed by atoms with Crippen LogP contribution in [0.4, 0.5) is 5.69 Å². The summed E-state index contributed by atoms with van der Waals surface area (Å²) >= 11 is 12.2. The van der Waals surface area contributed by atoms with Crippen LogP contribution in [0.15, 0.2) is 71.6 Å². The van der Waals surface area contributed by atoms with E-state index < -0.39 is 16.1 Å². The van der Waals surface area contributed by atoms with E-state index in [-0.39, 0.29) is 45.6 Å². The van der Waals surface area contributed by atoms with Gasteiger partial charge in [0, 0.05) is 23.7 Å². The average Bonchev–Trinajstić information content (AvgIpc) is 3.49. The highest BCUT2D eigenvalue weighted by Gasteiger charge is 2.35. The molecule has 2 heterocycles. The maximum Gasteiger partial charge on any atom is 0.262 e. The number of amides is 2. The van der Waals surface area contributed by atoms with Crippen molar-refractivity contribution >= 4 is 63.1 Å². The second-order valence-corrected chi connectivity index (χ2v) is 12.9. The number of ether oxygens (including phenoxy) is 1. The fourth-order valence-electron chi connectivity index (χ4n) is 5.19. The summed E-state index contributed by atoms with van der Waals surface area (Å²) in [5.74, 6) is 0.567. The van der Waals surface area contributed by atoms with Crippen molar-refractivity contribution in [3.8, 4) is 11.5 Å². The molecule has 0 aliphatic carbocycles. The molecule has 1 atom stereocenters. The van der Waals surface area contributed by atoms with E-state index in [0.717, 1.165) is 32.4 Å². The molecule has 2 saturated heterocycles. The minimum absolute atomic E-state index is 0. The molecule has 5 rings (SSSR count). The van der Waals surface area contributed by atoms with Crippen molar-refractivity contribution in [2.24, 2.45) is 5.92 Å². The summed E-state index contributed by atoms with van der Waals surface area (Å²) in [6.07, 6.45) is 3.37.